The van der Waals surface area contributed by atoms with E-state index in [2.05, 4.69) is 51.1 Å². The zero-order valence-corrected chi connectivity index (χ0v) is 17.2. The lowest BCUT2D eigenvalue weighted by Crippen LogP contribution is -2.09. The molecule has 0 atom stereocenters. The van der Waals surface area contributed by atoms with E-state index >= 15 is 0 Å². The molecule has 0 spiro atoms. The lowest BCUT2D eigenvalue weighted by atomic mass is 9.93. The first-order valence-electron chi connectivity index (χ1n) is 10.7. The fourth-order valence-corrected chi connectivity index (χ4v) is 3.07. The van der Waals surface area contributed by atoms with E-state index in [-0.39, 0.29) is 0 Å². The highest BCUT2D eigenvalue weighted by Gasteiger charge is 2.08. The van der Waals surface area contributed by atoms with Gasteiger partial charge in [0.2, 0.25) is 0 Å². The van der Waals surface area contributed by atoms with Gasteiger partial charge >= 0.3 is 0 Å². The molecule has 0 aliphatic heterocycles. The Bertz CT molecular complexity index is 390. The molecule has 0 N–H and O–H groups in total. The van der Waals surface area contributed by atoms with Crippen molar-refractivity contribution in [2.24, 2.45) is 5.41 Å². The van der Waals surface area contributed by atoms with Gasteiger partial charge in [-0.1, -0.05) is 102 Å². The van der Waals surface area contributed by atoms with Gasteiger partial charge in [-0.25, -0.2) is 0 Å². The van der Waals surface area contributed by atoms with Crippen LogP contribution in [0.4, 0.5) is 0 Å². The fraction of sp³-hybridized carbons (Fsp3) is 0.750. The van der Waals surface area contributed by atoms with Crippen LogP contribution in [-0.2, 0) is 11.2 Å². The molecular formula is C24H42O. The van der Waals surface area contributed by atoms with Crippen LogP contribution in [0.1, 0.15) is 97.0 Å². The summed E-state index contributed by atoms with van der Waals surface area (Å²) in [6.45, 7) is 8.71. The molecule has 0 saturated heterocycles. The Labute approximate surface area is 157 Å². The molecule has 25 heavy (non-hydrogen) atoms. The van der Waals surface area contributed by atoms with Crippen molar-refractivity contribution in [1.82, 2.24) is 0 Å². The molecule has 0 aliphatic rings. The van der Waals surface area contributed by atoms with E-state index in [9.17, 15) is 0 Å². The van der Waals surface area contributed by atoms with Gasteiger partial charge in [-0.15, -0.1) is 0 Å². The van der Waals surface area contributed by atoms with Crippen LogP contribution in [-0.4, -0.2) is 13.2 Å². The van der Waals surface area contributed by atoms with Crippen molar-refractivity contribution in [2.75, 3.05) is 13.2 Å². The zero-order valence-electron chi connectivity index (χ0n) is 17.2. The van der Waals surface area contributed by atoms with Crippen molar-refractivity contribution in [3.63, 3.8) is 0 Å². The van der Waals surface area contributed by atoms with Gasteiger partial charge in [-0.3, -0.25) is 0 Å². The second kappa shape index (κ2) is 14.4. The van der Waals surface area contributed by atoms with Crippen LogP contribution in [0.3, 0.4) is 0 Å². The molecule has 1 heteroatoms. The molecule has 0 radical (unpaired) electrons. The maximum absolute atomic E-state index is 5.72. The van der Waals surface area contributed by atoms with Gasteiger partial charge in [-0.05, 0) is 36.7 Å². The van der Waals surface area contributed by atoms with Gasteiger partial charge in [0.05, 0.1) is 0 Å². The molecule has 144 valence electrons. The van der Waals surface area contributed by atoms with Crippen LogP contribution in [0, 0.1) is 5.41 Å². The van der Waals surface area contributed by atoms with E-state index in [0.717, 1.165) is 13.2 Å². The summed E-state index contributed by atoms with van der Waals surface area (Å²) < 4.78 is 5.72. The quantitative estimate of drug-likeness (QED) is 0.297. The highest BCUT2D eigenvalue weighted by molar-refractivity contribution is 5.14. The minimum absolute atomic E-state index is 0.404. The molecule has 1 nitrogen and oxygen atoms in total. The minimum atomic E-state index is 0.404. The topological polar surface area (TPSA) is 9.23 Å². The summed E-state index contributed by atoms with van der Waals surface area (Å²) in [5.74, 6) is 0. The smallest absolute Gasteiger partial charge is 0.0471 e. The third kappa shape index (κ3) is 15.2. The number of benzene rings is 1. The van der Waals surface area contributed by atoms with E-state index < -0.39 is 0 Å². The summed E-state index contributed by atoms with van der Waals surface area (Å²) in [6, 6.07) is 10.9. The highest BCUT2D eigenvalue weighted by atomic mass is 16.5. The first-order valence-corrected chi connectivity index (χ1v) is 10.7. The second-order valence-electron chi connectivity index (χ2n) is 8.69. The van der Waals surface area contributed by atoms with Crippen molar-refractivity contribution < 1.29 is 4.74 Å². The zero-order chi connectivity index (χ0) is 18.2. The van der Waals surface area contributed by atoms with Gasteiger partial charge in [0, 0.05) is 13.2 Å². The molecule has 0 fully saturated rings. The number of ether oxygens (including phenoxy) is 1. The molecule has 0 bridgehead atoms. The normalized spacial score (nSPS) is 11.8. The van der Waals surface area contributed by atoms with Gasteiger partial charge in [-0.2, -0.15) is 0 Å². The Balaban J connectivity index is 1.73. The van der Waals surface area contributed by atoms with Crippen molar-refractivity contribution >= 4 is 0 Å². The van der Waals surface area contributed by atoms with E-state index in [0.29, 0.717) is 5.41 Å². The molecule has 1 aromatic rings. The Morgan fingerprint density at radius 1 is 0.640 bits per heavy atom. The van der Waals surface area contributed by atoms with Gasteiger partial charge in [0.25, 0.3) is 0 Å². The summed E-state index contributed by atoms with van der Waals surface area (Å²) in [7, 11) is 0. The SMILES string of the molecule is CC(C)(C)CCOCCCCCCCCCCCCc1ccccc1. The number of hydrogen-bond donors (Lipinski definition) is 0. The third-order valence-corrected chi connectivity index (χ3v) is 4.84. The number of aryl methyl sites for hydroxylation is 1. The van der Waals surface area contributed by atoms with Crippen LogP contribution in [0.5, 0.6) is 0 Å². The molecule has 0 amide bonds. The molecule has 0 unspecified atom stereocenters. The van der Waals surface area contributed by atoms with Crippen molar-refractivity contribution in [2.45, 2.75) is 97.8 Å². The third-order valence-electron chi connectivity index (χ3n) is 4.84. The summed E-state index contributed by atoms with van der Waals surface area (Å²) in [4.78, 5) is 0. The molecule has 1 rings (SSSR count). The fourth-order valence-electron chi connectivity index (χ4n) is 3.07. The maximum atomic E-state index is 5.72. The molecule has 0 aliphatic carbocycles. The molecule has 0 heterocycles. The summed E-state index contributed by atoms with van der Waals surface area (Å²) in [6.07, 6.45) is 16.2. The monoisotopic (exact) mass is 346 g/mol. The summed E-state index contributed by atoms with van der Waals surface area (Å²) in [5, 5.41) is 0. The largest absolute Gasteiger partial charge is 0.381 e. The van der Waals surface area contributed by atoms with Crippen LogP contribution in [0.15, 0.2) is 30.3 Å². The predicted octanol–water partition coefficient (Wildman–Crippen LogP) is 7.58. The average molecular weight is 347 g/mol. The van der Waals surface area contributed by atoms with E-state index in [1.165, 1.54) is 82.6 Å². The number of hydrogen-bond acceptors (Lipinski definition) is 1. The number of rotatable bonds is 15. The minimum Gasteiger partial charge on any atom is -0.381 e. The van der Waals surface area contributed by atoms with Gasteiger partial charge in [0.15, 0.2) is 0 Å². The van der Waals surface area contributed by atoms with Crippen LogP contribution in [0.2, 0.25) is 0 Å². The summed E-state index contributed by atoms with van der Waals surface area (Å²) >= 11 is 0. The van der Waals surface area contributed by atoms with Crippen molar-refractivity contribution in [3.05, 3.63) is 35.9 Å². The first-order chi connectivity index (χ1) is 12.1. The Kier molecular flexibility index (Phi) is 12.8. The number of unbranched alkanes of at least 4 members (excludes halogenated alkanes) is 9. The molecule has 1 aromatic carbocycles. The van der Waals surface area contributed by atoms with Crippen LogP contribution >= 0.6 is 0 Å². The lowest BCUT2D eigenvalue weighted by molar-refractivity contribution is 0.105. The molecule has 0 saturated carbocycles. The van der Waals surface area contributed by atoms with Crippen LogP contribution < -0.4 is 0 Å². The van der Waals surface area contributed by atoms with E-state index in [1.807, 2.05) is 0 Å². The predicted molar refractivity (Wildman–Crippen MR) is 111 cm³/mol. The Morgan fingerprint density at radius 3 is 1.72 bits per heavy atom. The Morgan fingerprint density at radius 2 is 1.16 bits per heavy atom. The Hall–Kier alpha value is -0.820. The lowest BCUT2D eigenvalue weighted by Gasteiger charge is -2.17. The van der Waals surface area contributed by atoms with Gasteiger partial charge in [0.1, 0.15) is 0 Å². The first kappa shape index (κ1) is 22.2. The van der Waals surface area contributed by atoms with Gasteiger partial charge < -0.3 is 4.74 Å². The average Bonchev–Trinajstić information content (AvgIpc) is 2.58. The molecular weight excluding hydrogens is 304 g/mol. The second-order valence-corrected chi connectivity index (χ2v) is 8.69. The van der Waals surface area contributed by atoms with Crippen molar-refractivity contribution in [1.29, 1.82) is 0 Å². The standard InChI is InChI=1S/C24H42O/c1-24(2,3)20-22-25-21-16-11-9-7-5-4-6-8-10-13-17-23-18-14-12-15-19-23/h12,14-15,18-19H,4-11,13,16-17,20-22H2,1-3H3. The molecule has 0 aromatic heterocycles. The van der Waals surface area contributed by atoms with E-state index in [1.54, 1.807) is 0 Å². The van der Waals surface area contributed by atoms with Crippen LogP contribution in [0.25, 0.3) is 0 Å². The van der Waals surface area contributed by atoms with Crippen molar-refractivity contribution in [3.8, 4) is 0 Å². The van der Waals surface area contributed by atoms with E-state index in [4.69, 9.17) is 4.74 Å². The maximum Gasteiger partial charge on any atom is 0.0471 e. The highest BCUT2D eigenvalue weighted by Crippen LogP contribution is 2.18. The summed E-state index contributed by atoms with van der Waals surface area (Å²) in [5.41, 5.74) is 1.89.